The molecule has 0 spiro atoms. The average Bonchev–Trinajstić information content (AvgIpc) is 2.70. The first-order chi connectivity index (χ1) is 7.87. The Morgan fingerprint density at radius 2 is 2.41 bits per heavy atom. The molecule has 0 bridgehead atoms. The number of nitrogens with zero attached hydrogens (tertiary/aromatic N) is 2. The van der Waals surface area contributed by atoms with Crippen molar-refractivity contribution in [2.24, 2.45) is 5.73 Å². The van der Waals surface area contributed by atoms with Crippen molar-refractivity contribution in [2.45, 2.75) is 44.9 Å². The van der Waals surface area contributed by atoms with Gasteiger partial charge >= 0.3 is 0 Å². The first kappa shape index (κ1) is 11.9. The summed E-state index contributed by atoms with van der Waals surface area (Å²) >= 11 is 0. The van der Waals surface area contributed by atoms with Gasteiger partial charge in [0.05, 0.1) is 23.9 Å². The molecule has 17 heavy (non-hydrogen) atoms. The van der Waals surface area contributed by atoms with Crippen molar-refractivity contribution in [3.8, 4) is 0 Å². The second-order valence-electron chi connectivity index (χ2n) is 5.06. The monoisotopic (exact) mass is 238 g/mol. The summed E-state index contributed by atoms with van der Waals surface area (Å²) in [5.41, 5.74) is 11.2. The summed E-state index contributed by atoms with van der Waals surface area (Å²) in [6.07, 6.45) is 3.75. The molecule has 1 aliphatic rings. The minimum Gasteiger partial charge on any atom is -0.396 e. The third-order valence-corrected chi connectivity index (χ3v) is 2.97. The first-order valence-electron chi connectivity index (χ1n) is 5.68. The van der Waals surface area contributed by atoms with Crippen LogP contribution in [0.1, 0.15) is 37.2 Å². The Kier molecular flexibility index (Phi) is 2.82. The van der Waals surface area contributed by atoms with E-state index in [2.05, 4.69) is 18.9 Å². The fourth-order valence-corrected chi connectivity index (χ4v) is 2.14. The van der Waals surface area contributed by atoms with Crippen molar-refractivity contribution in [1.29, 1.82) is 0 Å². The highest BCUT2D eigenvalue weighted by molar-refractivity contribution is 5.95. The molecule has 2 rings (SSSR count). The van der Waals surface area contributed by atoms with Crippen LogP contribution < -0.4 is 11.5 Å². The molecular formula is C11H18N4O2. The van der Waals surface area contributed by atoms with E-state index >= 15 is 0 Å². The Labute approximate surface area is 99.9 Å². The van der Waals surface area contributed by atoms with Crippen LogP contribution in [0.4, 0.5) is 5.69 Å². The molecule has 0 aromatic carbocycles. The van der Waals surface area contributed by atoms with Crippen LogP contribution in [0.25, 0.3) is 0 Å². The van der Waals surface area contributed by atoms with Gasteiger partial charge in [-0.15, -0.1) is 0 Å². The van der Waals surface area contributed by atoms with Crippen molar-refractivity contribution >= 4 is 11.6 Å². The van der Waals surface area contributed by atoms with Gasteiger partial charge in [0.25, 0.3) is 5.91 Å². The molecule has 1 aliphatic heterocycles. The highest BCUT2D eigenvalue weighted by Gasteiger charge is 2.32. The maximum atomic E-state index is 11.0. The minimum atomic E-state index is -0.603. The lowest BCUT2D eigenvalue weighted by molar-refractivity contribution is -0.0230. The molecule has 0 aliphatic carbocycles. The molecule has 94 valence electrons. The highest BCUT2D eigenvalue weighted by Crippen LogP contribution is 2.30. The van der Waals surface area contributed by atoms with E-state index in [1.807, 2.05) is 0 Å². The van der Waals surface area contributed by atoms with E-state index in [9.17, 15) is 4.79 Å². The van der Waals surface area contributed by atoms with Gasteiger partial charge in [0.1, 0.15) is 0 Å². The summed E-state index contributed by atoms with van der Waals surface area (Å²) in [5, 5.41) is 4.06. The standard InChI is InChI=1S/C11H18N4O2/c1-11(2)4-3-7(17-11)5-15-6-8(12)9(14-15)10(13)16/h6-7H,3-5,12H2,1-2H3,(H2,13,16). The Bertz CT molecular complexity index is 439. The molecular weight excluding hydrogens is 220 g/mol. The number of aromatic nitrogens is 2. The van der Waals surface area contributed by atoms with Crippen LogP contribution in [-0.2, 0) is 11.3 Å². The first-order valence-corrected chi connectivity index (χ1v) is 5.68. The van der Waals surface area contributed by atoms with Crippen LogP contribution in [0, 0.1) is 0 Å². The average molecular weight is 238 g/mol. The zero-order valence-corrected chi connectivity index (χ0v) is 10.1. The van der Waals surface area contributed by atoms with Crippen molar-refractivity contribution in [2.75, 3.05) is 5.73 Å². The van der Waals surface area contributed by atoms with Crippen LogP contribution >= 0.6 is 0 Å². The molecule has 1 aromatic rings. The predicted molar refractivity (Wildman–Crippen MR) is 63.3 cm³/mol. The van der Waals surface area contributed by atoms with Crippen molar-refractivity contribution in [3.63, 3.8) is 0 Å². The third-order valence-electron chi connectivity index (χ3n) is 2.97. The fourth-order valence-electron chi connectivity index (χ4n) is 2.14. The zero-order valence-electron chi connectivity index (χ0n) is 10.1. The molecule has 1 fully saturated rings. The third kappa shape index (κ3) is 2.58. The molecule has 2 heterocycles. The van der Waals surface area contributed by atoms with Gasteiger partial charge in [-0.1, -0.05) is 0 Å². The van der Waals surface area contributed by atoms with Gasteiger partial charge < -0.3 is 16.2 Å². The smallest absolute Gasteiger partial charge is 0.271 e. The number of carbonyl (C=O) groups excluding carboxylic acids is 1. The molecule has 1 amide bonds. The SMILES string of the molecule is CC1(C)CCC(Cn2cc(N)c(C(N)=O)n2)O1. The molecule has 0 radical (unpaired) electrons. The summed E-state index contributed by atoms with van der Waals surface area (Å²) < 4.78 is 7.47. The summed E-state index contributed by atoms with van der Waals surface area (Å²) in [5.74, 6) is -0.603. The number of rotatable bonds is 3. The lowest BCUT2D eigenvalue weighted by Gasteiger charge is -2.19. The predicted octanol–water partition coefficient (Wildman–Crippen LogP) is 0.522. The second kappa shape index (κ2) is 4.03. The molecule has 0 saturated carbocycles. The molecule has 4 N–H and O–H groups in total. The maximum Gasteiger partial charge on any atom is 0.271 e. The number of nitrogens with two attached hydrogens (primary N) is 2. The lowest BCUT2D eigenvalue weighted by atomic mass is 10.1. The second-order valence-corrected chi connectivity index (χ2v) is 5.06. The Hall–Kier alpha value is -1.56. The van der Waals surface area contributed by atoms with Crippen LogP contribution in [-0.4, -0.2) is 27.4 Å². The maximum absolute atomic E-state index is 11.0. The highest BCUT2D eigenvalue weighted by atomic mass is 16.5. The quantitative estimate of drug-likeness (QED) is 0.802. The van der Waals surface area contributed by atoms with Gasteiger partial charge in [-0.25, -0.2) is 0 Å². The molecule has 6 nitrogen and oxygen atoms in total. The van der Waals surface area contributed by atoms with E-state index in [-0.39, 0.29) is 17.4 Å². The van der Waals surface area contributed by atoms with E-state index < -0.39 is 5.91 Å². The molecule has 1 atom stereocenters. The molecule has 1 aromatic heterocycles. The van der Waals surface area contributed by atoms with Gasteiger partial charge in [0, 0.05) is 6.20 Å². The van der Waals surface area contributed by atoms with E-state index in [4.69, 9.17) is 16.2 Å². The number of hydrogen-bond donors (Lipinski definition) is 2. The van der Waals surface area contributed by atoms with E-state index in [0.29, 0.717) is 12.2 Å². The van der Waals surface area contributed by atoms with Crippen LogP contribution in [0.5, 0.6) is 0 Å². The number of carbonyl (C=O) groups is 1. The van der Waals surface area contributed by atoms with Crippen LogP contribution in [0.15, 0.2) is 6.20 Å². The Morgan fingerprint density at radius 1 is 1.71 bits per heavy atom. The molecule has 1 saturated heterocycles. The molecule has 1 unspecified atom stereocenters. The van der Waals surface area contributed by atoms with Gasteiger partial charge in [-0.3, -0.25) is 9.48 Å². The van der Waals surface area contributed by atoms with Crippen LogP contribution in [0.3, 0.4) is 0 Å². The van der Waals surface area contributed by atoms with Gasteiger partial charge in [-0.05, 0) is 26.7 Å². The largest absolute Gasteiger partial charge is 0.396 e. The summed E-state index contributed by atoms with van der Waals surface area (Å²) in [4.78, 5) is 11.0. The number of nitrogen functional groups attached to an aromatic ring is 1. The normalized spacial score (nSPS) is 22.8. The summed E-state index contributed by atoms with van der Waals surface area (Å²) in [6.45, 7) is 4.74. The Balaban J connectivity index is 2.05. The summed E-state index contributed by atoms with van der Waals surface area (Å²) in [6, 6.07) is 0. The van der Waals surface area contributed by atoms with E-state index in [0.717, 1.165) is 12.8 Å². The minimum absolute atomic E-state index is 0.0735. The number of amides is 1. The van der Waals surface area contributed by atoms with Gasteiger partial charge in [0.2, 0.25) is 0 Å². The number of anilines is 1. The van der Waals surface area contributed by atoms with E-state index in [1.165, 1.54) is 0 Å². The van der Waals surface area contributed by atoms with Crippen LogP contribution in [0.2, 0.25) is 0 Å². The van der Waals surface area contributed by atoms with Gasteiger partial charge in [0.15, 0.2) is 5.69 Å². The Morgan fingerprint density at radius 3 is 2.88 bits per heavy atom. The lowest BCUT2D eigenvalue weighted by Crippen LogP contribution is -2.23. The van der Waals surface area contributed by atoms with Gasteiger partial charge in [-0.2, -0.15) is 5.10 Å². The number of primary amides is 1. The summed E-state index contributed by atoms with van der Waals surface area (Å²) in [7, 11) is 0. The topological polar surface area (TPSA) is 96.2 Å². The zero-order chi connectivity index (χ0) is 12.6. The number of hydrogen-bond acceptors (Lipinski definition) is 4. The van der Waals surface area contributed by atoms with Crippen molar-refractivity contribution in [1.82, 2.24) is 9.78 Å². The fraction of sp³-hybridized carbons (Fsp3) is 0.636. The molecule has 6 heteroatoms. The number of ether oxygens (including phenoxy) is 1. The van der Waals surface area contributed by atoms with E-state index in [1.54, 1.807) is 10.9 Å². The van der Waals surface area contributed by atoms with Crippen molar-refractivity contribution in [3.05, 3.63) is 11.9 Å². The van der Waals surface area contributed by atoms with Crippen molar-refractivity contribution < 1.29 is 9.53 Å².